The van der Waals surface area contributed by atoms with Crippen molar-refractivity contribution in [3.05, 3.63) is 90.0 Å². The van der Waals surface area contributed by atoms with Gasteiger partial charge in [0.15, 0.2) is 5.96 Å². The van der Waals surface area contributed by atoms with Crippen LogP contribution in [0.25, 0.3) is 0 Å². The molecule has 0 amide bonds. The normalized spacial score (nSPS) is 12.0. The van der Waals surface area contributed by atoms with Crippen LogP contribution in [0.15, 0.2) is 78.3 Å². The van der Waals surface area contributed by atoms with Gasteiger partial charge in [0.2, 0.25) is 0 Å². The van der Waals surface area contributed by atoms with E-state index in [-0.39, 0.29) is 5.41 Å². The summed E-state index contributed by atoms with van der Waals surface area (Å²) in [5, 5.41) is 6.85. The monoisotopic (exact) mass is 389 g/mol. The minimum Gasteiger partial charge on any atom is -0.357 e. The molecular formula is C24H31N5. The van der Waals surface area contributed by atoms with E-state index in [1.165, 1.54) is 16.7 Å². The molecule has 0 atom stereocenters. The van der Waals surface area contributed by atoms with Gasteiger partial charge in [0, 0.05) is 37.4 Å². The van der Waals surface area contributed by atoms with E-state index in [4.69, 9.17) is 4.99 Å². The molecule has 5 nitrogen and oxygen atoms in total. The highest BCUT2D eigenvalue weighted by atomic mass is 15.2. The van der Waals surface area contributed by atoms with Crippen LogP contribution in [0.3, 0.4) is 0 Å². The largest absolute Gasteiger partial charge is 0.357 e. The summed E-state index contributed by atoms with van der Waals surface area (Å²) >= 11 is 0. The predicted molar refractivity (Wildman–Crippen MR) is 120 cm³/mol. The van der Waals surface area contributed by atoms with Crippen LogP contribution in [0.2, 0.25) is 0 Å². The van der Waals surface area contributed by atoms with E-state index in [9.17, 15) is 0 Å². The Labute approximate surface area is 173 Å². The molecule has 0 aliphatic rings. The fourth-order valence-corrected chi connectivity index (χ4v) is 3.15. The molecule has 0 fully saturated rings. The van der Waals surface area contributed by atoms with Gasteiger partial charge in [0.1, 0.15) is 0 Å². The van der Waals surface area contributed by atoms with Crippen LogP contribution in [0.5, 0.6) is 0 Å². The number of benzene rings is 2. The number of imidazole rings is 1. The maximum Gasteiger partial charge on any atom is 0.191 e. The second-order valence-corrected chi connectivity index (χ2v) is 7.85. The van der Waals surface area contributed by atoms with E-state index in [1.54, 1.807) is 6.20 Å². The molecule has 3 rings (SSSR count). The Morgan fingerprint density at radius 2 is 1.72 bits per heavy atom. The standard InChI is InChI=1S/C24H31N5/c1-4-26-23(28-18-24(2,3)22-8-6-5-7-9-22)27-16-20-10-12-21(13-11-20)17-29-15-14-25-19-29/h5-15,19H,4,16-18H2,1-3H3,(H2,26,27,28). The van der Waals surface area contributed by atoms with Gasteiger partial charge >= 0.3 is 0 Å². The Kier molecular flexibility index (Phi) is 7.06. The topological polar surface area (TPSA) is 54.2 Å². The first-order valence-electron chi connectivity index (χ1n) is 10.2. The van der Waals surface area contributed by atoms with E-state index in [2.05, 4.69) is 95.6 Å². The van der Waals surface area contributed by atoms with Crippen molar-refractivity contribution < 1.29 is 0 Å². The average Bonchev–Trinajstić information content (AvgIpc) is 3.25. The smallest absolute Gasteiger partial charge is 0.191 e. The summed E-state index contributed by atoms with van der Waals surface area (Å²) in [5.41, 5.74) is 3.79. The van der Waals surface area contributed by atoms with E-state index in [0.717, 1.165) is 25.6 Å². The molecule has 0 aliphatic heterocycles. The van der Waals surface area contributed by atoms with Crippen molar-refractivity contribution in [3.8, 4) is 0 Å². The van der Waals surface area contributed by atoms with Gasteiger partial charge in [-0.2, -0.15) is 0 Å². The van der Waals surface area contributed by atoms with Crippen molar-refractivity contribution in [3.63, 3.8) is 0 Å². The number of nitrogens with zero attached hydrogens (tertiary/aromatic N) is 3. The van der Waals surface area contributed by atoms with Crippen LogP contribution in [0.1, 0.15) is 37.5 Å². The molecule has 0 saturated heterocycles. The molecule has 0 radical (unpaired) electrons. The summed E-state index contributed by atoms with van der Waals surface area (Å²) in [6.07, 6.45) is 5.62. The maximum absolute atomic E-state index is 4.77. The van der Waals surface area contributed by atoms with Gasteiger partial charge in [-0.3, -0.25) is 0 Å². The van der Waals surface area contributed by atoms with Crippen LogP contribution in [0, 0.1) is 0 Å². The van der Waals surface area contributed by atoms with Gasteiger partial charge < -0.3 is 15.2 Å². The third-order valence-corrected chi connectivity index (χ3v) is 4.96. The molecule has 152 valence electrons. The van der Waals surface area contributed by atoms with E-state index < -0.39 is 0 Å². The van der Waals surface area contributed by atoms with Crippen molar-refractivity contribution >= 4 is 5.96 Å². The number of aliphatic imine (C=N–C) groups is 1. The van der Waals surface area contributed by atoms with Crippen LogP contribution in [0.4, 0.5) is 0 Å². The summed E-state index contributed by atoms with van der Waals surface area (Å²) in [4.78, 5) is 8.85. The van der Waals surface area contributed by atoms with Crippen LogP contribution in [-0.2, 0) is 18.5 Å². The van der Waals surface area contributed by atoms with Gasteiger partial charge in [-0.05, 0) is 23.6 Å². The van der Waals surface area contributed by atoms with E-state index in [0.29, 0.717) is 6.54 Å². The molecule has 29 heavy (non-hydrogen) atoms. The second kappa shape index (κ2) is 9.92. The predicted octanol–water partition coefficient (Wildman–Crippen LogP) is 3.96. The molecule has 0 aliphatic carbocycles. The molecule has 2 N–H and O–H groups in total. The zero-order valence-electron chi connectivity index (χ0n) is 17.6. The Bertz CT molecular complexity index is 881. The van der Waals surface area contributed by atoms with Gasteiger partial charge in [0.25, 0.3) is 0 Å². The van der Waals surface area contributed by atoms with Crippen molar-refractivity contribution in [2.75, 3.05) is 13.1 Å². The summed E-state index contributed by atoms with van der Waals surface area (Å²) < 4.78 is 2.06. The molecule has 0 bridgehead atoms. The minimum atomic E-state index is 0.0203. The zero-order valence-corrected chi connectivity index (χ0v) is 17.6. The Morgan fingerprint density at radius 3 is 2.38 bits per heavy atom. The third-order valence-electron chi connectivity index (χ3n) is 4.96. The molecule has 1 heterocycles. The first-order valence-corrected chi connectivity index (χ1v) is 10.2. The van der Waals surface area contributed by atoms with Crippen LogP contribution < -0.4 is 10.6 Å². The number of hydrogen-bond acceptors (Lipinski definition) is 2. The molecule has 0 spiro atoms. The molecule has 1 aromatic heterocycles. The number of aromatic nitrogens is 2. The summed E-state index contributed by atoms with van der Waals surface area (Å²) in [6, 6.07) is 19.2. The van der Waals surface area contributed by atoms with Gasteiger partial charge in [-0.15, -0.1) is 0 Å². The fourth-order valence-electron chi connectivity index (χ4n) is 3.15. The molecule has 0 unspecified atom stereocenters. The summed E-state index contributed by atoms with van der Waals surface area (Å²) in [6.45, 7) is 9.71. The van der Waals surface area contributed by atoms with Crippen molar-refractivity contribution in [2.45, 2.75) is 39.3 Å². The maximum atomic E-state index is 4.77. The molecule has 3 aromatic rings. The van der Waals surface area contributed by atoms with Crippen molar-refractivity contribution in [1.82, 2.24) is 20.2 Å². The number of nitrogens with one attached hydrogen (secondary N) is 2. The Hall–Kier alpha value is -3.08. The second-order valence-electron chi connectivity index (χ2n) is 7.85. The number of hydrogen-bond donors (Lipinski definition) is 2. The van der Waals surface area contributed by atoms with Crippen molar-refractivity contribution in [2.24, 2.45) is 4.99 Å². The fraction of sp³-hybridized carbons (Fsp3) is 0.333. The molecule has 0 saturated carbocycles. The van der Waals surface area contributed by atoms with E-state index >= 15 is 0 Å². The first-order chi connectivity index (χ1) is 14.1. The summed E-state index contributed by atoms with van der Waals surface area (Å²) in [7, 11) is 0. The van der Waals surface area contributed by atoms with E-state index in [1.807, 2.05) is 12.5 Å². The summed E-state index contributed by atoms with van der Waals surface area (Å²) in [5.74, 6) is 0.846. The lowest BCUT2D eigenvalue weighted by Crippen LogP contribution is -2.43. The minimum absolute atomic E-state index is 0.0203. The lowest BCUT2D eigenvalue weighted by Gasteiger charge is -2.26. The van der Waals surface area contributed by atoms with Gasteiger partial charge in [0.05, 0.1) is 12.9 Å². The lowest BCUT2D eigenvalue weighted by molar-refractivity contribution is 0.508. The molecule has 5 heteroatoms. The average molecular weight is 390 g/mol. The number of rotatable bonds is 8. The van der Waals surface area contributed by atoms with Gasteiger partial charge in [-0.1, -0.05) is 68.4 Å². The highest BCUT2D eigenvalue weighted by Gasteiger charge is 2.20. The van der Waals surface area contributed by atoms with Crippen LogP contribution >= 0.6 is 0 Å². The van der Waals surface area contributed by atoms with Crippen molar-refractivity contribution in [1.29, 1.82) is 0 Å². The van der Waals surface area contributed by atoms with Gasteiger partial charge in [-0.25, -0.2) is 9.98 Å². The third kappa shape index (κ3) is 6.21. The Balaban J connectivity index is 1.58. The molecule has 2 aromatic carbocycles. The lowest BCUT2D eigenvalue weighted by atomic mass is 9.85. The highest BCUT2D eigenvalue weighted by molar-refractivity contribution is 5.79. The quantitative estimate of drug-likeness (QED) is 0.453. The Morgan fingerprint density at radius 1 is 1.00 bits per heavy atom. The molecular weight excluding hydrogens is 358 g/mol. The highest BCUT2D eigenvalue weighted by Crippen LogP contribution is 2.21. The SMILES string of the molecule is CCNC(=NCc1ccc(Cn2ccnc2)cc1)NCC(C)(C)c1ccccc1. The van der Waals surface area contributed by atoms with Crippen LogP contribution in [-0.4, -0.2) is 28.6 Å². The zero-order chi connectivity index (χ0) is 20.5. The first kappa shape index (κ1) is 20.6. The number of guanidine groups is 1.